The van der Waals surface area contributed by atoms with Crippen LogP contribution in [0, 0.1) is 0 Å². The maximum absolute atomic E-state index is 12.0. The average Bonchev–Trinajstić information content (AvgIpc) is 2.55. The van der Waals surface area contributed by atoms with Crippen molar-refractivity contribution in [3.63, 3.8) is 0 Å². The van der Waals surface area contributed by atoms with E-state index in [0.29, 0.717) is 0 Å². The number of rotatable bonds is 4. The third-order valence-electron chi connectivity index (χ3n) is 4.23. The van der Waals surface area contributed by atoms with Crippen molar-refractivity contribution < 1.29 is 9.53 Å². The monoisotopic (exact) mass is 296 g/mol. The molecule has 114 valence electrons. The molecule has 2 aromatic rings. The summed E-state index contributed by atoms with van der Waals surface area (Å²) in [7, 11) is 1.63. The zero-order valence-corrected chi connectivity index (χ0v) is 12.7. The number of nitrogens with zero attached hydrogens (tertiary/aromatic N) is 1. The largest absolute Gasteiger partial charge is 0.497 e. The lowest BCUT2D eigenvalue weighted by molar-refractivity contribution is -0.123. The first kappa shape index (κ1) is 14.6. The van der Waals surface area contributed by atoms with Gasteiger partial charge in [-0.3, -0.25) is 9.69 Å². The second-order valence-corrected chi connectivity index (χ2v) is 5.57. The van der Waals surface area contributed by atoms with Gasteiger partial charge in [0.25, 0.3) is 0 Å². The van der Waals surface area contributed by atoms with Gasteiger partial charge in [-0.25, -0.2) is 0 Å². The predicted molar refractivity (Wildman–Crippen MR) is 85.5 cm³/mol. The highest BCUT2D eigenvalue weighted by Gasteiger charge is 2.28. The third-order valence-corrected chi connectivity index (χ3v) is 4.23. The topological polar surface area (TPSA) is 55.6 Å². The van der Waals surface area contributed by atoms with E-state index in [4.69, 9.17) is 10.5 Å². The molecule has 4 nitrogen and oxygen atoms in total. The first-order chi connectivity index (χ1) is 10.7. The summed E-state index contributed by atoms with van der Waals surface area (Å²) < 4.78 is 5.17. The van der Waals surface area contributed by atoms with E-state index in [-0.39, 0.29) is 5.91 Å². The molecule has 0 saturated heterocycles. The third kappa shape index (κ3) is 2.83. The van der Waals surface area contributed by atoms with Crippen LogP contribution in [-0.4, -0.2) is 24.5 Å². The van der Waals surface area contributed by atoms with Crippen molar-refractivity contribution >= 4 is 5.91 Å². The number of benzene rings is 2. The molecule has 0 saturated carbocycles. The minimum absolute atomic E-state index is 0.315. The fourth-order valence-electron chi connectivity index (χ4n) is 3.08. The fraction of sp³-hybridized carbons (Fsp3) is 0.278. The smallest absolute Gasteiger partial charge is 0.239 e. The lowest BCUT2D eigenvalue weighted by Crippen LogP contribution is -2.40. The van der Waals surface area contributed by atoms with Crippen LogP contribution in [-0.2, 0) is 17.8 Å². The molecule has 1 atom stereocenters. The summed E-state index contributed by atoms with van der Waals surface area (Å²) >= 11 is 0. The average molecular weight is 296 g/mol. The van der Waals surface area contributed by atoms with Gasteiger partial charge in [-0.1, -0.05) is 36.4 Å². The Morgan fingerprint density at radius 2 is 1.82 bits per heavy atom. The van der Waals surface area contributed by atoms with Crippen molar-refractivity contribution in [2.24, 2.45) is 5.73 Å². The molecular formula is C18H20N2O2. The van der Waals surface area contributed by atoms with Crippen LogP contribution in [0.2, 0.25) is 0 Å². The minimum Gasteiger partial charge on any atom is -0.497 e. The summed E-state index contributed by atoms with van der Waals surface area (Å²) in [6, 6.07) is 15.5. The van der Waals surface area contributed by atoms with Crippen molar-refractivity contribution in [1.82, 2.24) is 4.90 Å². The van der Waals surface area contributed by atoms with E-state index in [1.807, 2.05) is 30.3 Å². The standard InChI is InChI=1S/C18H20N2O2/c1-22-16-8-6-14(7-9-16)17(18(19)21)20-11-10-13-4-2-3-5-15(13)12-20/h2-9,17H,10-12H2,1H3,(H2,19,21). The van der Waals surface area contributed by atoms with Crippen molar-refractivity contribution in [3.8, 4) is 5.75 Å². The zero-order chi connectivity index (χ0) is 15.5. The molecule has 0 radical (unpaired) electrons. The van der Waals surface area contributed by atoms with E-state index in [2.05, 4.69) is 23.1 Å². The van der Waals surface area contributed by atoms with Crippen LogP contribution < -0.4 is 10.5 Å². The number of fused-ring (bicyclic) bond motifs is 1. The van der Waals surface area contributed by atoms with E-state index in [1.165, 1.54) is 11.1 Å². The molecule has 0 fully saturated rings. The molecule has 0 aliphatic carbocycles. The molecule has 1 aliphatic heterocycles. The summed E-state index contributed by atoms with van der Waals surface area (Å²) in [6.45, 7) is 1.58. The van der Waals surface area contributed by atoms with Gasteiger partial charge in [0, 0.05) is 13.1 Å². The lowest BCUT2D eigenvalue weighted by Gasteiger charge is -2.34. The van der Waals surface area contributed by atoms with Crippen LogP contribution in [0.5, 0.6) is 5.75 Å². The summed E-state index contributed by atoms with van der Waals surface area (Å²) in [6.07, 6.45) is 0.941. The molecule has 1 aliphatic rings. The maximum Gasteiger partial charge on any atom is 0.239 e. The molecular weight excluding hydrogens is 276 g/mol. The van der Waals surface area contributed by atoms with Gasteiger partial charge in [-0.2, -0.15) is 0 Å². The maximum atomic E-state index is 12.0. The van der Waals surface area contributed by atoms with E-state index in [9.17, 15) is 4.79 Å². The highest BCUT2D eigenvalue weighted by molar-refractivity contribution is 5.81. The molecule has 0 spiro atoms. The summed E-state index contributed by atoms with van der Waals surface area (Å²) in [5, 5.41) is 0. The SMILES string of the molecule is COc1ccc(C(C(N)=O)N2CCc3ccccc3C2)cc1. The van der Waals surface area contributed by atoms with E-state index in [1.54, 1.807) is 7.11 Å². The van der Waals surface area contributed by atoms with Gasteiger partial charge in [0.05, 0.1) is 7.11 Å². The second-order valence-electron chi connectivity index (χ2n) is 5.57. The van der Waals surface area contributed by atoms with Crippen LogP contribution in [0.3, 0.4) is 0 Å². The van der Waals surface area contributed by atoms with Crippen LogP contribution in [0.15, 0.2) is 48.5 Å². The number of ether oxygens (including phenoxy) is 1. The van der Waals surface area contributed by atoms with Gasteiger partial charge < -0.3 is 10.5 Å². The molecule has 22 heavy (non-hydrogen) atoms. The molecule has 1 amide bonds. The number of methoxy groups -OCH3 is 1. The molecule has 3 rings (SSSR count). The van der Waals surface area contributed by atoms with Gasteiger partial charge in [0.2, 0.25) is 5.91 Å². The first-order valence-corrected chi connectivity index (χ1v) is 7.43. The number of amides is 1. The van der Waals surface area contributed by atoms with E-state index < -0.39 is 6.04 Å². The number of hydrogen-bond acceptors (Lipinski definition) is 3. The highest BCUT2D eigenvalue weighted by Crippen LogP contribution is 2.28. The molecule has 2 aromatic carbocycles. The zero-order valence-electron chi connectivity index (χ0n) is 12.7. The Hall–Kier alpha value is -2.33. The summed E-state index contributed by atoms with van der Waals surface area (Å²) in [4.78, 5) is 14.2. The Bertz CT molecular complexity index is 667. The molecule has 1 unspecified atom stereocenters. The van der Waals surface area contributed by atoms with E-state index in [0.717, 1.165) is 30.8 Å². The number of carbonyl (C=O) groups excluding carboxylic acids is 1. The van der Waals surface area contributed by atoms with Gasteiger partial charge in [-0.05, 0) is 35.2 Å². The Labute approximate surface area is 130 Å². The first-order valence-electron chi connectivity index (χ1n) is 7.43. The molecule has 2 N–H and O–H groups in total. The quantitative estimate of drug-likeness (QED) is 0.941. The molecule has 1 heterocycles. The highest BCUT2D eigenvalue weighted by atomic mass is 16.5. The molecule has 4 heteroatoms. The fourth-order valence-corrected chi connectivity index (χ4v) is 3.08. The number of carbonyl (C=O) groups is 1. The normalized spacial score (nSPS) is 15.9. The Balaban J connectivity index is 1.87. The minimum atomic E-state index is -0.403. The summed E-state index contributed by atoms with van der Waals surface area (Å²) in [5.74, 6) is 0.459. The Kier molecular flexibility index (Phi) is 4.11. The van der Waals surface area contributed by atoms with Crippen LogP contribution >= 0.6 is 0 Å². The van der Waals surface area contributed by atoms with E-state index >= 15 is 0 Å². The number of primary amides is 1. The number of nitrogens with two attached hydrogens (primary N) is 1. The van der Waals surface area contributed by atoms with Crippen LogP contribution in [0.1, 0.15) is 22.7 Å². The van der Waals surface area contributed by atoms with Crippen molar-refractivity contribution in [3.05, 3.63) is 65.2 Å². The Morgan fingerprint density at radius 3 is 2.45 bits per heavy atom. The van der Waals surface area contributed by atoms with Gasteiger partial charge in [-0.15, -0.1) is 0 Å². The Morgan fingerprint density at radius 1 is 1.14 bits per heavy atom. The number of hydrogen-bond donors (Lipinski definition) is 1. The van der Waals surface area contributed by atoms with Crippen molar-refractivity contribution in [1.29, 1.82) is 0 Å². The predicted octanol–water partition coefficient (Wildman–Crippen LogP) is 2.28. The van der Waals surface area contributed by atoms with Gasteiger partial charge >= 0.3 is 0 Å². The van der Waals surface area contributed by atoms with Crippen molar-refractivity contribution in [2.45, 2.75) is 19.0 Å². The van der Waals surface area contributed by atoms with Crippen molar-refractivity contribution in [2.75, 3.05) is 13.7 Å². The molecule has 0 bridgehead atoms. The van der Waals surface area contributed by atoms with Crippen LogP contribution in [0.25, 0.3) is 0 Å². The lowest BCUT2D eigenvalue weighted by atomic mass is 9.96. The van der Waals surface area contributed by atoms with Gasteiger partial charge in [0.1, 0.15) is 11.8 Å². The second kappa shape index (κ2) is 6.20. The van der Waals surface area contributed by atoms with Crippen LogP contribution in [0.4, 0.5) is 0 Å². The molecule has 0 aromatic heterocycles. The summed E-state index contributed by atoms with van der Waals surface area (Å²) in [5.41, 5.74) is 9.22. The van der Waals surface area contributed by atoms with Gasteiger partial charge in [0.15, 0.2) is 0 Å².